The number of pyridine rings is 2. The monoisotopic (exact) mass is 416 g/mol. The third kappa shape index (κ3) is 4.31. The van der Waals surface area contributed by atoms with Crippen LogP contribution in [0.4, 0.5) is 5.82 Å². The molecule has 1 saturated carbocycles. The van der Waals surface area contributed by atoms with Gasteiger partial charge in [-0.15, -0.1) is 0 Å². The first-order valence-electron chi connectivity index (χ1n) is 11.0. The molecule has 4 heterocycles. The summed E-state index contributed by atoms with van der Waals surface area (Å²) in [4.78, 5) is 23.5. The number of aryl methyl sites for hydroxylation is 2. The summed E-state index contributed by atoms with van der Waals surface area (Å²) < 4.78 is 1.88. The molecule has 1 atom stereocenters. The van der Waals surface area contributed by atoms with Gasteiger partial charge in [0.2, 0.25) is 5.91 Å². The number of hydrogen-bond donors (Lipinski definition) is 1. The van der Waals surface area contributed by atoms with Crippen molar-refractivity contribution in [2.24, 2.45) is 13.0 Å². The smallest absolute Gasteiger partial charge is 0.225 e. The molecular weight excluding hydrogens is 388 g/mol. The second-order valence-corrected chi connectivity index (χ2v) is 8.70. The van der Waals surface area contributed by atoms with Crippen LogP contribution >= 0.6 is 0 Å². The van der Waals surface area contributed by atoms with Gasteiger partial charge >= 0.3 is 0 Å². The summed E-state index contributed by atoms with van der Waals surface area (Å²) in [6.45, 7) is 4.23. The number of anilines is 1. The molecule has 1 aliphatic carbocycles. The van der Waals surface area contributed by atoms with E-state index >= 15 is 0 Å². The lowest BCUT2D eigenvalue weighted by Crippen LogP contribution is -2.29. The van der Waals surface area contributed by atoms with Crippen molar-refractivity contribution in [3.8, 4) is 11.1 Å². The van der Waals surface area contributed by atoms with Gasteiger partial charge in [-0.2, -0.15) is 5.10 Å². The van der Waals surface area contributed by atoms with Crippen molar-refractivity contribution < 1.29 is 4.79 Å². The van der Waals surface area contributed by atoms with E-state index in [4.69, 9.17) is 5.10 Å². The highest BCUT2D eigenvalue weighted by atomic mass is 16.2. The number of nitrogens with one attached hydrogen (secondary N) is 1. The molecule has 2 fully saturated rings. The Balaban J connectivity index is 1.34. The van der Waals surface area contributed by atoms with Crippen molar-refractivity contribution in [2.75, 3.05) is 18.4 Å². The quantitative estimate of drug-likeness (QED) is 0.665. The topological polar surface area (TPSA) is 75.9 Å². The van der Waals surface area contributed by atoms with Gasteiger partial charge in [-0.3, -0.25) is 14.5 Å². The highest BCUT2D eigenvalue weighted by Crippen LogP contribution is 2.37. The summed E-state index contributed by atoms with van der Waals surface area (Å²) in [5, 5.41) is 8.17. The number of amides is 1. The van der Waals surface area contributed by atoms with Gasteiger partial charge in [-0.1, -0.05) is 6.07 Å². The van der Waals surface area contributed by atoms with Crippen molar-refractivity contribution in [3.05, 3.63) is 59.8 Å². The third-order valence-corrected chi connectivity index (χ3v) is 6.14. The average molecular weight is 417 g/mol. The van der Waals surface area contributed by atoms with E-state index in [1.54, 1.807) is 0 Å². The number of hydrogen-bond acceptors (Lipinski definition) is 5. The van der Waals surface area contributed by atoms with Crippen LogP contribution in [-0.4, -0.2) is 43.6 Å². The van der Waals surface area contributed by atoms with Gasteiger partial charge in [0.1, 0.15) is 5.82 Å². The fourth-order valence-corrected chi connectivity index (χ4v) is 4.38. The van der Waals surface area contributed by atoms with Crippen molar-refractivity contribution >= 4 is 11.7 Å². The highest BCUT2D eigenvalue weighted by molar-refractivity contribution is 5.81. The Hall–Kier alpha value is -3.22. The van der Waals surface area contributed by atoms with Gasteiger partial charge in [0.15, 0.2) is 0 Å². The largest absolute Gasteiger partial charge is 0.364 e. The predicted octanol–water partition coefficient (Wildman–Crippen LogP) is 3.52. The predicted molar refractivity (Wildman–Crippen MR) is 119 cm³/mol. The third-order valence-electron chi connectivity index (χ3n) is 6.14. The molecule has 160 valence electrons. The van der Waals surface area contributed by atoms with Crippen molar-refractivity contribution in [1.29, 1.82) is 0 Å². The van der Waals surface area contributed by atoms with Gasteiger partial charge < -0.3 is 10.2 Å². The van der Waals surface area contributed by atoms with Crippen LogP contribution in [0.5, 0.6) is 0 Å². The van der Waals surface area contributed by atoms with E-state index in [2.05, 4.69) is 27.5 Å². The fraction of sp³-hybridized carbons (Fsp3) is 0.417. The first-order valence-corrected chi connectivity index (χ1v) is 11.0. The summed E-state index contributed by atoms with van der Waals surface area (Å²) in [6.07, 6.45) is 6.98. The Labute approximate surface area is 182 Å². The summed E-state index contributed by atoms with van der Waals surface area (Å²) in [5.41, 5.74) is 5.27. The van der Waals surface area contributed by atoms with Gasteiger partial charge in [-0.05, 0) is 56.0 Å². The Morgan fingerprint density at radius 2 is 2.10 bits per heavy atom. The van der Waals surface area contributed by atoms with Crippen LogP contribution < -0.4 is 5.32 Å². The molecule has 7 heteroatoms. The van der Waals surface area contributed by atoms with Crippen LogP contribution in [0.2, 0.25) is 0 Å². The molecule has 1 N–H and O–H groups in total. The molecule has 2 aliphatic rings. The van der Waals surface area contributed by atoms with Crippen molar-refractivity contribution in [3.63, 3.8) is 0 Å². The Kier molecular flexibility index (Phi) is 5.18. The zero-order valence-corrected chi connectivity index (χ0v) is 18.1. The summed E-state index contributed by atoms with van der Waals surface area (Å²) in [7, 11) is 1.96. The molecule has 0 unspecified atom stereocenters. The lowest BCUT2D eigenvalue weighted by atomic mass is 9.97. The minimum Gasteiger partial charge on any atom is -0.364 e. The molecule has 1 aliphatic heterocycles. The lowest BCUT2D eigenvalue weighted by molar-refractivity contribution is -0.131. The molecule has 31 heavy (non-hydrogen) atoms. The van der Waals surface area contributed by atoms with E-state index in [1.165, 1.54) is 0 Å². The average Bonchev–Trinajstić information content (AvgIpc) is 3.37. The van der Waals surface area contributed by atoms with E-state index in [0.29, 0.717) is 12.5 Å². The van der Waals surface area contributed by atoms with Crippen molar-refractivity contribution in [1.82, 2.24) is 24.6 Å². The molecule has 0 bridgehead atoms. The van der Waals surface area contributed by atoms with Crippen LogP contribution in [0.1, 0.15) is 42.3 Å². The Morgan fingerprint density at radius 1 is 1.23 bits per heavy atom. The minimum absolute atomic E-state index is 0.277. The highest BCUT2D eigenvalue weighted by Gasteiger charge is 2.38. The van der Waals surface area contributed by atoms with Crippen LogP contribution in [0.25, 0.3) is 11.1 Å². The summed E-state index contributed by atoms with van der Waals surface area (Å²) in [6, 6.07) is 10.1. The van der Waals surface area contributed by atoms with Gasteiger partial charge in [0, 0.05) is 55.6 Å². The molecule has 3 aromatic rings. The summed E-state index contributed by atoms with van der Waals surface area (Å²) in [5.74, 6) is 1.70. The van der Waals surface area contributed by atoms with E-state index in [-0.39, 0.29) is 11.8 Å². The van der Waals surface area contributed by atoms with Gasteiger partial charge in [-0.25, -0.2) is 4.98 Å². The second kappa shape index (κ2) is 8.13. The minimum atomic E-state index is 0.277. The Morgan fingerprint density at radius 3 is 2.90 bits per heavy atom. The maximum Gasteiger partial charge on any atom is 0.225 e. The van der Waals surface area contributed by atoms with E-state index in [0.717, 1.165) is 66.4 Å². The molecule has 5 rings (SSSR count). The SMILES string of the molecule is Cc1cccc(CNc2cc(-c3cn(C)nc3[C@@H]3CCN(C(=O)C4CC4)C3)ccn2)n1. The molecule has 1 saturated heterocycles. The number of nitrogens with zero attached hydrogens (tertiary/aromatic N) is 5. The van der Waals surface area contributed by atoms with Crippen LogP contribution in [0.3, 0.4) is 0 Å². The van der Waals surface area contributed by atoms with E-state index < -0.39 is 0 Å². The normalized spacial score (nSPS) is 18.4. The van der Waals surface area contributed by atoms with E-state index in [9.17, 15) is 4.79 Å². The van der Waals surface area contributed by atoms with Crippen LogP contribution in [0.15, 0.2) is 42.7 Å². The lowest BCUT2D eigenvalue weighted by Gasteiger charge is -2.16. The number of carbonyl (C=O) groups is 1. The maximum atomic E-state index is 12.5. The number of likely N-dealkylation sites (tertiary alicyclic amines) is 1. The molecule has 0 spiro atoms. The van der Waals surface area contributed by atoms with E-state index in [1.807, 2.05) is 54.0 Å². The maximum absolute atomic E-state index is 12.5. The standard InChI is InChI=1S/C24H28N6O/c1-16-4-3-5-20(27-16)13-26-22-12-18(8-10-25-22)21-15-29(2)28-23(21)19-9-11-30(14-19)24(31)17-6-7-17/h3-5,8,10,12,15,17,19H,6-7,9,11,13-14H2,1-2H3,(H,25,26)/t19-/m1/s1. The summed E-state index contributed by atoms with van der Waals surface area (Å²) >= 11 is 0. The number of carbonyl (C=O) groups excluding carboxylic acids is 1. The van der Waals surface area contributed by atoms with Crippen LogP contribution in [0, 0.1) is 12.8 Å². The van der Waals surface area contributed by atoms with Gasteiger partial charge in [0.25, 0.3) is 0 Å². The van der Waals surface area contributed by atoms with Gasteiger partial charge in [0.05, 0.1) is 17.9 Å². The molecule has 0 radical (unpaired) electrons. The zero-order chi connectivity index (χ0) is 21.4. The number of rotatable bonds is 6. The van der Waals surface area contributed by atoms with Crippen molar-refractivity contribution in [2.45, 2.75) is 38.6 Å². The molecule has 1 amide bonds. The first-order chi connectivity index (χ1) is 15.1. The Bertz CT molecular complexity index is 1100. The molecule has 3 aromatic heterocycles. The molecular formula is C24H28N6O. The number of aromatic nitrogens is 4. The van der Waals surface area contributed by atoms with Crippen LogP contribution in [-0.2, 0) is 18.4 Å². The molecule has 0 aromatic carbocycles. The first kappa shape index (κ1) is 19.7. The fourth-order valence-electron chi connectivity index (χ4n) is 4.38. The second-order valence-electron chi connectivity index (χ2n) is 8.70. The molecule has 7 nitrogen and oxygen atoms in total. The zero-order valence-electron chi connectivity index (χ0n) is 18.1.